The van der Waals surface area contributed by atoms with E-state index in [0.717, 1.165) is 43.2 Å². The van der Waals surface area contributed by atoms with Gasteiger partial charge in [0, 0.05) is 22.7 Å². The lowest BCUT2D eigenvalue weighted by atomic mass is 10.0. The Balaban J connectivity index is 1.99. The molecule has 0 aromatic heterocycles. The van der Waals surface area contributed by atoms with Gasteiger partial charge in [0.05, 0.1) is 0 Å². The van der Waals surface area contributed by atoms with E-state index in [4.69, 9.17) is 5.73 Å². The molecule has 0 aliphatic rings. The minimum Gasteiger partial charge on any atom is -0.398 e. The number of anilines is 1. The van der Waals surface area contributed by atoms with Crippen molar-refractivity contribution in [1.29, 1.82) is 0 Å². The van der Waals surface area contributed by atoms with Crippen LogP contribution in [-0.4, -0.2) is 36.5 Å². The summed E-state index contributed by atoms with van der Waals surface area (Å²) in [5.74, 6) is -0.0264. The van der Waals surface area contributed by atoms with E-state index in [-0.39, 0.29) is 11.9 Å². The molecule has 1 amide bonds. The van der Waals surface area contributed by atoms with Crippen molar-refractivity contribution in [2.24, 2.45) is 0 Å². The van der Waals surface area contributed by atoms with Crippen molar-refractivity contribution in [3.8, 4) is 0 Å². The number of nitrogens with zero attached hydrogens (tertiary/aromatic N) is 1. The molecule has 2 aromatic rings. The topological polar surface area (TPSA) is 58.4 Å². The summed E-state index contributed by atoms with van der Waals surface area (Å²) in [6.45, 7) is 9.67. The maximum absolute atomic E-state index is 12.6. The van der Waals surface area contributed by atoms with Gasteiger partial charge in [0.15, 0.2) is 0 Å². The molecule has 0 saturated heterocycles. The number of hydrogen-bond acceptors (Lipinski definition) is 3. The molecule has 3 N–H and O–H groups in total. The lowest BCUT2D eigenvalue weighted by Crippen LogP contribution is -2.33. The highest BCUT2D eigenvalue weighted by molar-refractivity contribution is 6.09. The highest BCUT2D eigenvalue weighted by Crippen LogP contribution is 2.24. The smallest absolute Gasteiger partial charge is 0.252 e. The SMILES string of the molecule is CCN(CC)CCCC(C)NC(=O)c1cccc2c(N)cccc12. The Labute approximate surface area is 145 Å². The predicted molar refractivity (Wildman–Crippen MR) is 102 cm³/mol. The number of carbonyl (C=O) groups excluding carboxylic acids is 1. The van der Waals surface area contributed by atoms with Gasteiger partial charge in [-0.05, 0) is 56.9 Å². The summed E-state index contributed by atoms with van der Waals surface area (Å²) in [5.41, 5.74) is 7.40. The molecule has 0 bridgehead atoms. The average Bonchev–Trinajstić information content (AvgIpc) is 2.58. The van der Waals surface area contributed by atoms with Crippen LogP contribution in [0.2, 0.25) is 0 Å². The van der Waals surface area contributed by atoms with E-state index in [9.17, 15) is 4.79 Å². The fourth-order valence-electron chi connectivity index (χ4n) is 3.07. The second-order valence-electron chi connectivity index (χ2n) is 6.29. The maximum Gasteiger partial charge on any atom is 0.252 e. The van der Waals surface area contributed by atoms with Crippen LogP contribution >= 0.6 is 0 Å². The van der Waals surface area contributed by atoms with Crippen LogP contribution in [0.15, 0.2) is 36.4 Å². The highest BCUT2D eigenvalue weighted by atomic mass is 16.1. The second-order valence-corrected chi connectivity index (χ2v) is 6.29. The number of benzene rings is 2. The normalized spacial score (nSPS) is 12.5. The van der Waals surface area contributed by atoms with E-state index in [0.29, 0.717) is 11.3 Å². The van der Waals surface area contributed by atoms with Crippen LogP contribution in [-0.2, 0) is 0 Å². The lowest BCUT2D eigenvalue weighted by Gasteiger charge is -2.20. The number of amides is 1. The van der Waals surface area contributed by atoms with Crippen LogP contribution in [0.25, 0.3) is 10.8 Å². The minimum absolute atomic E-state index is 0.0264. The van der Waals surface area contributed by atoms with E-state index in [2.05, 4.69) is 31.0 Å². The molecular formula is C20H29N3O. The summed E-state index contributed by atoms with van der Waals surface area (Å²) in [5, 5.41) is 4.96. The van der Waals surface area contributed by atoms with Crippen molar-refractivity contribution in [2.45, 2.75) is 39.7 Å². The highest BCUT2D eigenvalue weighted by Gasteiger charge is 2.13. The Kier molecular flexibility index (Phi) is 6.62. The first-order valence-electron chi connectivity index (χ1n) is 8.87. The van der Waals surface area contributed by atoms with E-state index < -0.39 is 0 Å². The monoisotopic (exact) mass is 327 g/mol. The Morgan fingerprint density at radius 3 is 2.50 bits per heavy atom. The second kappa shape index (κ2) is 8.69. The Morgan fingerprint density at radius 2 is 1.79 bits per heavy atom. The molecule has 4 nitrogen and oxygen atoms in total. The number of nitrogens with two attached hydrogens (primary N) is 1. The van der Waals surface area contributed by atoms with Crippen LogP contribution in [0.3, 0.4) is 0 Å². The van der Waals surface area contributed by atoms with Crippen LogP contribution in [0.4, 0.5) is 5.69 Å². The van der Waals surface area contributed by atoms with Crippen LogP contribution < -0.4 is 11.1 Å². The van der Waals surface area contributed by atoms with Gasteiger partial charge in [-0.15, -0.1) is 0 Å². The van der Waals surface area contributed by atoms with Gasteiger partial charge >= 0.3 is 0 Å². The largest absolute Gasteiger partial charge is 0.398 e. The predicted octanol–water partition coefficient (Wildman–Crippen LogP) is 3.66. The summed E-state index contributed by atoms with van der Waals surface area (Å²) in [4.78, 5) is 15.0. The van der Waals surface area contributed by atoms with Crippen LogP contribution in [0.1, 0.15) is 44.0 Å². The maximum atomic E-state index is 12.6. The molecule has 1 unspecified atom stereocenters. The van der Waals surface area contributed by atoms with Gasteiger partial charge in [-0.1, -0.05) is 38.1 Å². The number of nitrogens with one attached hydrogen (secondary N) is 1. The number of fused-ring (bicyclic) bond motifs is 1. The summed E-state index contributed by atoms with van der Waals surface area (Å²) in [7, 11) is 0. The van der Waals surface area contributed by atoms with E-state index in [1.54, 1.807) is 0 Å². The van der Waals surface area contributed by atoms with E-state index >= 15 is 0 Å². The molecule has 0 aliphatic heterocycles. The van der Waals surface area contributed by atoms with Gasteiger partial charge < -0.3 is 16.0 Å². The zero-order valence-electron chi connectivity index (χ0n) is 15.0. The molecule has 0 fully saturated rings. The molecule has 1 atom stereocenters. The van der Waals surface area contributed by atoms with Gasteiger partial charge in [0.1, 0.15) is 0 Å². The summed E-state index contributed by atoms with van der Waals surface area (Å²) in [6, 6.07) is 11.6. The molecule has 2 rings (SSSR count). The Bertz CT molecular complexity index is 680. The van der Waals surface area contributed by atoms with Crippen LogP contribution in [0.5, 0.6) is 0 Å². The first kappa shape index (κ1) is 18.3. The van der Waals surface area contributed by atoms with Gasteiger partial charge in [-0.3, -0.25) is 4.79 Å². The minimum atomic E-state index is -0.0264. The van der Waals surface area contributed by atoms with Crippen molar-refractivity contribution in [1.82, 2.24) is 10.2 Å². The molecule has 0 radical (unpaired) electrons. The summed E-state index contributed by atoms with van der Waals surface area (Å²) in [6.07, 6.45) is 2.07. The van der Waals surface area contributed by atoms with Crippen molar-refractivity contribution >= 4 is 22.4 Å². The molecule has 2 aromatic carbocycles. The number of rotatable bonds is 8. The molecule has 0 heterocycles. The first-order chi connectivity index (χ1) is 11.6. The molecule has 0 aliphatic carbocycles. The fraction of sp³-hybridized carbons (Fsp3) is 0.450. The summed E-state index contributed by atoms with van der Waals surface area (Å²) < 4.78 is 0. The zero-order valence-corrected chi connectivity index (χ0v) is 15.0. The Morgan fingerprint density at radius 1 is 1.12 bits per heavy atom. The third-order valence-electron chi connectivity index (χ3n) is 4.58. The summed E-state index contributed by atoms with van der Waals surface area (Å²) >= 11 is 0. The molecule has 4 heteroatoms. The molecule has 130 valence electrons. The standard InChI is InChI=1S/C20H29N3O/c1-4-23(5-2)14-8-9-15(3)22-20(24)18-12-6-11-17-16(18)10-7-13-19(17)21/h6-7,10-13,15H,4-5,8-9,14,21H2,1-3H3,(H,22,24). The van der Waals surface area contributed by atoms with Crippen molar-refractivity contribution in [2.75, 3.05) is 25.4 Å². The molecule has 0 saturated carbocycles. The van der Waals surface area contributed by atoms with Gasteiger partial charge in [0.25, 0.3) is 5.91 Å². The third kappa shape index (κ3) is 4.48. The molecule has 0 spiro atoms. The lowest BCUT2D eigenvalue weighted by molar-refractivity contribution is 0.0939. The average molecular weight is 327 g/mol. The van der Waals surface area contributed by atoms with Crippen molar-refractivity contribution < 1.29 is 4.79 Å². The van der Waals surface area contributed by atoms with Gasteiger partial charge in [-0.25, -0.2) is 0 Å². The number of hydrogen-bond donors (Lipinski definition) is 2. The van der Waals surface area contributed by atoms with E-state index in [1.165, 1.54) is 0 Å². The van der Waals surface area contributed by atoms with Crippen molar-refractivity contribution in [3.63, 3.8) is 0 Å². The number of nitrogen functional groups attached to an aromatic ring is 1. The number of carbonyl (C=O) groups is 1. The van der Waals surface area contributed by atoms with E-state index in [1.807, 2.05) is 36.4 Å². The van der Waals surface area contributed by atoms with Crippen molar-refractivity contribution in [3.05, 3.63) is 42.0 Å². The molecular weight excluding hydrogens is 298 g/mol. The fourth-order valence-corrected chi connectivity index (χ4v) is 3.07. The van der Waals surface area contributed by atoms with Crippen LogP contribution in [0, 0.1) is 0 Å². The van der Waals surface area contributed by atoms with Gasteiger partial charge in [0.2, 0.25) is 0 Å². The molecule has 24 heavy (non-hydrogen) atoms. The Hall–Kier alpha value is -2.07. The van der Waals surface area contributed by atoms with Gasteiger partial charge in [-0.2, -0.15) is 0 Å². The third-order valence-corrected chi connectivity index (χ3v) is 4.58. The first-order valence-corrected chi connectivity index (χ1v) is 8.87. The zero-order chi connectivity index (χ0) is 17.5. The quantitative estimate of drug-likeness (QED) is 0.727.